The maximum atomic E-state index is 6.19. The van der Waals surface area contributed by atoms with Crippen LogP contribution in [-0.2, 0) is 13.0 Å². The minimum absolute atomic E-state index is 0.592. The van der Waals surface area contributed by atoms with Gasteiger partial charge in [-0.2, -0.15) is 0 Å². The van der Waals surface area contributed by atoms with Gasteiger partial charge in [0.2, 0.25) is 0 Å². The van der Waals surface area contributed by atoms with Crippen molar-refractivity contribution in [1.82, 2.24) is 5.32 Å². The van der Waals surface area contributed by atoms with E-state index in [2.05, 4.69) is 21.2 Å². The second-order valence-corrected chi connectivity index (χ2v) is 6.90. The number of nitrogens with one attached hydrogen (secondary N) is 1. The molecule has 0 radical (unpaired) electrons. The minimum Gasteiger partial charge on any atom is -0.492 e. The molecule has 0 spiro atoms. The van der Waals surface area contributed by atoms with Crippen molar-refractivity contribution in [2.75, 3.05) is 20.3 Å². The standard InChI is InChI=1S/C18H20BrCl2NO2/c1-3-24-17-9-12(8-15(19)18(17)23-2)11-22-7-6-13-4-5-14(20)10-16(13)21/h4-5,8-10,22H,3,6-7,11H2,1-2H3. The quantitative estimate of drug-likeness (QED) is 0.559. The number of ether oxygens (including phenoxy) is 2. The van der Waals surface area contributed by atoms with Crippen LogP contribution in [0.3, 0.4) is 0 Å². The van der Waals surface area contributed by atoms with Crippen LogP contribution < -0.4 is 14.8 Å². The first-order chi connectivity index (χ1) is 11.5. The first kappa shape index (κ1) is 19.4. The molecule has 0 aliphatic carbocycles. The summed E-state index contributed by atoms with van der Waals surface area (Å²) in [6.45, 7) is 4.09. The maximum absolute atomic E-state index is 6.19. The van der Waals surface area contributed by atoms with Crippen LogP contribution >= 0.6 is 39.1 Å². The van der Waals surface area contributed by atoms with Crippen LogP contribution in [0.2, 0.25) is 10.0 Å². The van der Waals surface area contributed by atoms with Gasteiger partial charge in [0, 0.05) is 16.6 Å². The fourth-order valence-corrected chi connectivity index (χ4v) is 3.52. The molecule has 0 fully saturated rings. The highest BCUT2D eigenvalue weighted by Gasteiger charge is 2.11. The lowest BCUT2D eigenvalue weighted by atomic mass is 10.1. The fraction of sp³-hybridized carbons (Fsp3) is 0.333. The lowest BCUT2D eigenvalue weighted by molar-refractivity contribution is 0.309. The van der Waals surface area contributed by atoms with Gasteiger partial charge >= 0.3 is 0 Å². The molecule has 0 bridgehead atoms. The van der Waals surface area contributed by atoms with Crippen molar-refractivity contribution in [2.24, 2.45) is 0 Å². The zero-order valence-electron chi connectivity index (χ0n) is 13.7. The van der Waals surface area contributed by atoms with E-state index in [-0.39, 0.29) is 0 Å². The Hall–Kier alpha value is -0.940. The molecule has 130 valence electrons. The van der Waals surface area contributed by atoms with E-state index in [4.69, 9.17) is 32.7 Å². The van der Waals surface area contributed by atoms with Crippen LogP contribution in [0.1, 0.15) is 18.1 Å². The summed E-state index contributed by atoms with van der Waals surface area (Å²) in [7, 11) is 1.64. The minimum atomic E-state index is 0.592. The van der Waals surface area contributed by atoms with Gasteiger partial charge in [-0.25, -0.2) is 0 Å². The summed E-state index contributed by atoms with van der Waals surface area (Å²) < 4.78 is 11.9. The smallest absolute Gasteiger partial charge is 0.174 e. The molecule has 0 aliphatic rings. The Morgan fingerprint density at radius 3 is 2.62 bits per heavy atom. The molecule has 0 saturated carbocycles. The van der Waals surface area contributed by atoms with Crippen LogP contribution in [0, 0.1) is 0 Å². The highest BCUT2D eigenvalue weighted by Crippen LogP contribution is 2.36. The Morgan fingerprint density at radius 2 is 1.96 bits per heavy atom. The SMILES string of the molecule is CCOc1cc(CNCCc2ccc(Cl)cc2Cl)cc(Br)c1OC. The zero-order chi connectivity index (χ0) is 17.5. The monoisotopic (exact) mass is 431 g/mol. The Balaban J connectivity index is 1.94. The van der Waals surface area contributed by atoms with E-state index in [9.17, 15) is 0 Å². The van der Waals surface area contributed by atoms with E-state index in [1.807, 2.05) is 31.2 Å². The molecule has 6 heteroatoms. The van der Waals surface area contributed by atoms with Gasteiger partial charge in [0.25, 0.3) is 0 Å². The number of methoxy groups -OCH3 is 1. The van der Waals surface area contributed by atoms with Crippen molar-refractivity contribution in [3.63, 3.8) is 0 Å². The molecule has 1 N–H and O–H groups in total. The summed E-state index contributed by atoms with van der Waals surface area (Å²) in [5.74, 6) is 1.46. The number of halogens is 3. The first-order valence-electron chi connectivity index (χ1n) is 7.69. The summed E-state index contributed by atoms with van der Waals surface area (Å²) in [6, 6.07) is 9.62. The lowest BCUT2D eigenvalue weighted by Gasteiger charge is -2.14. The number of hydrogen-bond acceptors (Lipinski definition) is 3. The van der Waals surface area contributed by atoms with E-state index in [1.54, 1.807) is 13.2 Å². The van der Waals surface area contributed by atoms with Gasteiger partial charge in [-0.3, -0.25) is 0 Å². The Bertz CT molecular complexity index is 695. The molecule has 0 heterocycles. The highest BCUT2D eigenvalue weighted by molar-refractivity contribution is 9.10. The summed E-state index contributed by atoms with van der Waals surface area (Å²) in [5.41, 5.74) is 2.20. The fourth-order valence-electron chi connectivity index (χ4n) is 2.36. The van der Waals surface area contributed by atoms with Gasteiger partial charge in [-0.15, -0.1) is 0 Å². The van der Waals surface area contributed by atoms with E-state index in [0.29, 0.717) is 22.4 Å². The number of benzene rings is 2. The summed E-state index contributed by atoms with van der Waals surface area (Å²) >= 11 is 15.6. The second-order valence-electron chi connectivity index (χ2n) is 5.20. The van der Waals surface area contributed by atoms with Gasteiger partial charge in [0.15, 0.2) is 11.5 Å². The van der Waals surface area contributed by atoms with E-state index < -0.39 is 0 Å². The second kappa shape index (κ2) is 9.52. The summed E-state index contributed by atoms with van der Waals surface area (Å²) in [4.78, 5) is 0. The van der Waals surface area contributed by atoms with Crippen LogP contribution in [-0.4, -0.2) is 20.3 Å². The van der Waals surface area contributed by atoms with Crippen molar-refractivity contribution < 1.29 is 9.47 Å². The predicted molar refractivity (Wildman–Crippen MR) is 104 cm³/mol. The van der Waals surface area contributed by atoms with Crippen LogP contribution in [0.5, 0.6) is 11.5 Å². The summed E-state index contributed by atoms with van der Waals surface area (Å²) in [6.07, 6.45) is 0.839. The number of rotatable bonds is 8. The molecule has 2 rings (SSSR count). The molecule has 2 aromatic carbocycles. The topological polar surface area (TPSA) is 30.5 Å². The molecule has 0 atom stereocenters. The van der Waals surface area contributed by atoms with Crippen LogP contribution in [0.25, 0.3) is 0 Å². The maximum Gasteiger partial charge on any atom is 0.174 e. The van der Waals surface area contributed by atoms with Gasteiger partial charge in [-0.1, -0.05) is 29.3 Å². The molecule has 2 aromatic rings. The lowest BCUT2D eigenvalue weighted by Crippen LogP contribution is -2.17. The van der Waals surface area contributed by atoms with Gasteiger partial charge in [-0.05, 0) is 71.2 Å². The van der Waals surface area contributed by atoms with Crippen molar-refractivity contribution in [3.05, 3.63) is 56.0 Å². The van der Waals surface area contributed by atoms with Crippen LogP contribution in [0.4, 0.5) is 0 Å². The Morgan fingerprint density at radius 1 is 1.17 bits per heavy atom. The third kappa shape index (κ3) is 5.28. The molecule has 0 saturated heterocycles. The van der Waals surface area contributed by atoms with E-state index in [0.717, 1.165) is 40.9 Å². The average Bonchev–Trinajstić information content (AvgIpc) is 2.53. The molecular weight excluding hydrogens is 413 g/mol. The third-order valence-corrected chi connectivity index (χ3v) is 4.66. The van der Waals surface area contributed by atoms with Crippen molar-refractivity contribution in [2.45, 2.75) is 19.9 Å². The Labute approximate surface area is 161 Å². The molecule has 0 aliphatic heterocycles. The van der Waals surface area contributed by atoms with Gasteiger partial charge in [0.1, 0.15) is 0 Å². The van der Waals surface area contributed by atoms with Crippen molar-refractivity contribution >= 4 is 39.1 Å². The van der Waals surface area contributed by atoms with E-state index in [1.165, 1.54) is 0 Å². The van der Waals surface area contributed by atoms with Crippen LogP contribution in [0.15, 0.2) is 34.8 Å². The largest absolute Gasteiger partial charge is 0.492 e. The van der Waals surface area contributed by atoms with Crippen molar-refractivity contribution in [1.29, 1.82) is 0 Å². The van der Waals surface area contributed by atoms with Gasteiger partial charge < -0.3 is 14.8 Å². The number of hydrogen-bond donors (Lipinski definition) is 1. The highest BCUT2D eigenvalue weighted by atomic mass is 79.9. The molecule has 0 aromatic heterocycles. The molecule has 24 heavy (non-hydrogen) atoms. The zero-order valence-corrected chi connectivity index (χ0v) is 16.8. The Kier molecular flexibility index (Phi) is 7.69. The summed E-state index contributed by atoms with van der Waals surface area (Å²) in [5, 5.41) is 4.78. The van der Waals surface area contributed by atoms with Crippen molar-refractivity contribution in [3.8, 4) is 11.5 Å². The molecule has 3 nitrogen and oxygen atoms in total. The molecule has 0 amide bonds. The third-order valence-electron chi connectivity index (χ3n) is 3.49. The first-order valence-corrected chi connectivity index (χ1v) is 9.24. The van der Waals surface area contributed by atoms with Gasteiger partial charge in [0.05, 0.1) is 18.2 Å². The normalized spacial score (nSPS) is 10.7. The molecule has 0 unspecified atom stereocenters. The predicted octanol–water partition coefficient (Wildman–Crippen LogP) is 5.50. The average molecular weight is 433 g/mol. The van der Waals surface area contributed by atoms with E-state index >= 15 is 0 Å². The molecular formula is C18H20BrCl2NO2.